The fourth-order valence-electron chi connectivity index (χ4n) is 3.10. The van der Waals surface area contributed by atoms with Crippen LogP contribution >= 0.6 is 0 Å². The predicted molar refractivity (Wildman–Crippen MR) is 91.7 cm³/mol. The quantitative estimate of drug-likeness (QED) is 0.660. The molecule has 126 valence electrons. The van der Waals surface area contributed by atoms with Gasteiger partial charge in [0.25, 0.3) is 0 Å². The summed E-state index contributed by atoms with van der Waals surface area (Å²) in [5.41, 5.74) is 0. The van der Waals surface area contributed by atoms with Crippen molar-refractivity contribution in [3.8, 4) is 0 Å². The van der Waals surface area contributed by atoms with Crippen LogP contribution in [0.4, 0.5) is 0 Å². The fraction of sp³-hybridized carbons (Fsp3) is 1.00. The first-order valence-corrected chi connectivity index (χ1v) is 8.99. The number of piperazine rings is 1. The zero-order chi connectivity index (χ0) is 15.8. The van der Waals surface area contributed by atoms with E-state index in [2.05, 4.69) is 51.8 Å². The zero-order valence-electron chi connectivity index (χ0n) is 15.2. The molecule has 0 amide bonds. The highest BCUT2D eigenvalue weighted by molar-refractivity contribution is 4.88. The molecule has 0 aromatic rings. The lowest BCUT2D eigenvalue weighted by molar-refractivity contribution is 0.0428. The lowest BCUT2D eigenvalue weighted by Gasteiger charge is -2.43. The molecule has 1 rings (SSSR count). The second kappa shape index (κ2) is 9.81. The standard InChI is InChI=1S/C18H38N2O/c1-7-16(6)18-12-20(8-9-21-13-15(4)5)17(11-19-18)10-14(2)3/h14-19H,7-13H2,1-6H3. The van der Waals surface area contributed by atoms with Gasteiger partial charge in [-0.15, -0.1) is 0 Å². The van der Waals surface area contributed by atoms with Gasteiger partial charge in [0.15, 0.2) is 0 Å². The Morgan fingerprint density at radius 3 is 2.43 bits per heavy atom. The molecule has 0 radical (unpaired) electrons. The third kappa shape index (κ3) is 7.12. The van der Waals surface area contributed by atoms with Crippen molar-refractivity contribution < 1.29 is 4.74 Å². The largest absolute Gasteiger partial charge is 0.380 e. The molecule has 0 saturated carbocycles. The lowest BCUT2D eigenvalue weighted by Crippen LogP contribution is -2.59. The van der Waals surface area contributed by atoms with E-state index in [9.17, 15) is 0 Å². The molecule has 1 N–H and O–H groups in total. The average Bonchev–Trinajstić information content (AvgIpc) is 2.43. The number of ether oxygens (including phenoxy) is 1. The highest BCUT2D eigenvalue weighted by Crippen LogP contribution is 2.19. The zero-order valence-corrected chi connectivity index (χ0v) is 15.2. The van der Waals surface area contributed by atoms with E-state index in [0.717, 1.165) is 38.1 Å². The molecule has 1 aliphatic rings. The maximum Gasteiger partial charge on any atom is 0.0593 e. The van der Waals surface area contributed by atoms with Gasteiger partial charge in [-0.1, -0.05) is 48.0 Å². The first-order valence-electron chi connectivity index (χ1n) is 8.99. The summed E-state index contributed by atoms with van der Waals surface area (Å²) in [5.74, 6) is 2.15. The Hall–Kier alpha value is -0.120. The van der Waals surface area contributed by atoms with Gasteiger partial charge in [-0.2, -0.15) is 0 Å². The molecule has 3 unspecified atom stereocenters. The molecule has 21 heavy (non-hydrogen) atoms. The van der Waals surface area contributed by atoms with E-state index in [-0.39, 0.29) is 0 Å². The molecule has 1 saturated heterocycles. The van der Waals surface area contributed by atoms with Gasteiger partial charge in [0, 0.05) is 38.3 Å². The van der Waals surface area contributed by atoms with E-state index in [1.54, 1.807) is 0 Å². The van der Waals surface area contributed by atoms with Crippen LogP contribution in [0.1, 0.15) is 54.4 Å². The molecule has 0 spiro atoms. The van der Waals surface area contributed by atoms with E-state index < -0.39 is 0 Å². The van der Waals surface area contributed by atoms with Crippen LogP contribution in [0, 0.1) is 17.8 Å². The van der Waals surface area contributed by atoms with Crippen LogP contribution in [-0.2, 0) is 4.74 Å². The maximum absolute atomic E-state index is 5.81. The van der Waals surface area contributed by atoms with Gasteiger partial charge < -0.3 is 10.1 Å². The van der Waals surface area contributed by atoms with Crippen molar-refractivity contribution in [3.63, 3.8) is 0 Å². The molecule has 3 atom stereocenters. The Labute approximate surface area is 132 Å². The number of hydrogen-bond acceptors (Lipinski definition) is 3. The molecular weight excluding hydrogens is 260 g/mol. The second-order valence-electron chi connectivity index (χ2n) is 7.65. The summed E-state index contributed by atoms with van der Waals surface area (Å²) < 4.78 is 5.81. The fourth-order valence-corrected chi connectivity index (χ4v) is 3.10. The topological polar surface area (TPSA) is 24.5 Å². The van der Waals surface area contributed by atoms with Crippen molar-refractivity contribution in [1.82, 2.24) is 10.2 Å². The van der Waals surface area contributed by atoms with E-state index in [1.807, 2.05) is 0 Å². The minimum absolute atomic E-state index is 0.632. The first kappa shape index (κ1) is 18.9. The highest BCUT2D eigenvalue weighted by Gasteiger charge is 2.30. The van der Waals surface area contributed by atoms with Crippen molar-refractivity contribution in [2.24, 2.45) is 17.8 Å². The minimum atomic E-state index is 0.632. The predicted octanol–water partition coefficient (Wildman–Crippen LogP) is 3.39. The summed E-state index contributed by atoms with van der Waals surface area (Å²) in [5, 5.41) is 3.78. The van der Waals surface area contributed by atoms with Crippen LogP contribution in [0.5, 0.6) is 0 Å². The van der Waals surface area contributed by atoms with Gasteiger partial charge in [0.1, 0.15) is 0 Å². The van der Waals surface area contributed by atoms with E-state index in [0.29, 0.717) is 18.0 Å². The Morgan fingerprint density at radius 2 is 1.86 bits per heavy atom. The molecule has 0 aliphatic carbocycles. The maximum atomic E-state index is 5.81. The van der Waals surface area contributed by atoms with Crippen LogP contribution in [0.15, 0.2) is 0 Å². The summed E-state index contributed by atoms with van der Waals surface area (Å²) in [6.07, 6.45) is 2.54. The minimum Gasteiger partial charge on any atom is -0.380 e. The smallest absolute Gasteiger partial charge is 0.0593 e. The Balaban J connectivity index is 2.48. The molecule has 0 aromatic carbocycles. The number of nitrogens with one attached hydrogen (secondary N) is 1. The molecule has 3 heteroatoms. The van der Waals surface area contributed by atoms with Gasteiger partial charge in [0.05, 0.1) is 6.61 Å². The van der Waals surface area contributed by atoms with Crippen molar-refractivity contribution in [3.05, 3.63) is 0 Å². The molecule has 1 aliphatic heterocycles. The highest BCUT2D eigenvalue weighted by atomic mass is 16.5. The Bertz CT molecular complexity index is 268. The van der Waals surface area contributed by atoms with Crippen LogP contribution in [0.25, 0.3) is 0 Å². The van der Waals surface area contributed by atoms with Gasteiger partial charge in [0.2, 0.25) is 0 Å². The number of hydrogen-bond donors (Lipinski definition) is 1. The molecule has 0 bridgehead atoms. The molecular formula is C18H38N2O. The normalized spacial score (nSPS) is 25.7. The number of rotatable bonds is 9. The van der Waals surface area contributed by atoms with Crippen LogP contribution < -0.4 is 5.32 Å². The molecule has 3 nitrogen and oxygen atoms in total. The first-order chi connectivity index (χ1) is 9.93. The third-order valence-corrected chi connectivity index (χ3v) is 4.61. The second-order valence-corrected chi connectivity index (χ2v) is 7.65. The van der Waals surface area contributed by atoms with Gasteiger partial charge >= 0.3 is 0 Å². The lowest BCUT2D eigenvalue weighted by atomic mass is 9.93. The monoisotopic (exact) mass is 298 g/mol. The van der Waals surface area contributed by atoms with Crippen LogP contribution in [-0.4, -0.2) is 49.8 Å². The van der Waals surface area contributed by atoms with E-state index in [4.69, 9.17) is 4.74 Å². The van der Waals surface area contributed by atoms with E-state index >= 15 is 0 Å². The van der Waals surface area contributed by atoms with Gasteiger partial charge in [-0.3, -0.25) is 4.90 Å². The summed E-state index contributed by atoms with van der Waals surface area (Å²) in [6.45, 7) is 18.9. The van der Waals surface area contributed by atoms with E-state index in [1.165, 1.54) is 19.4 Å². The van der Waals surface area contributed by atoms with Gasteiger partial charge in [-0.25, -0.2) is 0 Å². The molecule has 0 aromatic heterocycles. The van der Waals surface area contributed by atoms with Crippen LogP contribution in [0.3, 0.4) is 0 Å². The van der Waals surface area contributed by atoms with Crippen molar-refractivity contribution in [1.29, 1.82) is 0 Å². The van der Waals surface area contributed by atoms with Crippen molar-refractivity contribution >= 4 is 0 Å². The molecule has 1 heterocycles. The van der Waals surface area contributed by atoms with Crippen molar-refractivity contribution in [2.75, 3.05) is 32.8 Å². The summed E-state index contributed by atoms with van der Waals surface area (Å²) in [6, 6.07) is 1.32. The molecule has 1 fully saturated rings. The summed E-state index contributed by atoms with van der Waals surface area (Å²) in [4.78, 5) is 2.67. The number of nitrogens with zero attached hydrogens (tertiary/aromatic N) is 1. The Kier molecular flexibility index (Phi) is 8.84. The summed E-state index contributed by atoms with van der Waals surface area (Å²) >= 11 is 0. The average molecular weight is 299 g/mol. The van der Waals surface area contributed by atoms with Gasteiger partial charge in [-0.05, 0) is 24.2 Å². The summed E-state index contributed by atoms with van der Waals surface area (Å²) in [7, 11) is 0. The Morgan fingerprint density at radius 1 is 1.14 bits per heavy atom. The SMILES string of the molecule is CCC(C)C1CN(CCOCC(C)C)C(CC(C)C)CN1. The third-order valence-electron chi connectivity index (χ3n) is 4.61. The van der Waals surface area contributed by atoms with Crippen molar-refractivity contribution in [2.45, 2.75) is 66.5 Å². The van der Waals surface area contributed by atoms with Crippen LogP contribution in [0.2, 0.25) is 0 Å².